The number of rotatable bonds is 1. The molecule has 2 heteroatoms. The van der Waals surface area contributed by atoms with E-state index in [4.69, 9.17) is 5.73 Å². The molecule has 2 N–H and O–H groups in total. The largest absolute Gasteiger partial charge is 0.330 e. The summed E-state index contributed by atoms with van der Waals surface area (Å²) in [4.78, 5) is 0. The van der Waals surface area contributed by atoms with Crippen molar-refractivity contribution in [1.29, 1.82) is 0 Å². The molecule has 2 aromatic carbocycles. The quantitative estimate of drug-likeness (QED) is 0.855. The number of hydrogen-bond acceptors (Lipinski definition) is 1. The van der Waals surface area contributed by atoms with Crippen molar-refractivity contribution < 1.29 is 0 Å². The Morgan fingerprint density at radius 3 is 2.56 bits per heavy atom. The summed E-state index contributed by atoms with van der Waals surface area (Å²) in [6.45, 7) is 0.672. The molecule has 1 unspecified atom stereocenters. The molecule has 3 rings (SSSR count). The van der Waals surface area contributed by atoms with Crippen LogP contribution in [0, 0.1) is 0 Å². The third kappa shape index (κ3) is 2.00. The number of benzene rings is 2. The first-order valence-corrected chi connectivity index (χ1v) is 7.15. The van der Waals surface area contributed by atoms with Crippen LogP contribution >= 0.6 is 15.9 Å². The zero-order valence-electron chi connectivity index (χ0n) is 10.2. The van der Waals surface area contributed by atoms with Gasteiger partial charge in [-0.1, -0.05) is 46.3 Å². The fraction of sp³-hybridized carbons (Fsp3) is 0.250. The van der Waals surface area contributed by atoms with Gasteiger partial charge < -0.3 is 5.73 Å². The van der Waals surface area contributed by atoms with Crippen LogP contribution in [0.15, 0.2) is 46.9 Å². The van der Waals surface area contributed by atoms with Gasteiger partial charge in [-0.15, -0.1) is 0 Å². The molecule has 0 bridgehead atoms. The van der Waals surface area contributed by atoms with Crippen molar-refractivity contribution in [1.82, 2.24) is 0 Å². The lowest BCUT2D eigenvalue weighted by Gasteiger charge is -2.18. The Bertz CT molecular complexity index is 577. The van der Waals surface area contributed by atoms with Crippen LogP contribution in [0.3, 0.4) is 0 Å². The van der Waals surface area contributed by atoms with Crippen molar-refractivity contribution in [3.8, 4) is 0 Å². The lowest BCUT2D eigenvalue weighted by Crippen LogP contribution is -2.15. The van der Waals surface area contributed by atoms with Crippen molar-refractivity contribution in [2.24, 2.45) is 5.73 Å². The van der Waals surface area contributed by atoms with Gasteiger partial charge in [0.25, 0.3) is 0 Å². The normalized spacial score (nSPS) is 17.8. The maximum Gasteiger partial charge on any atom is 0.0217 e. The minimum absolute atomic E-state index is 0.340. The van der Waals surface area contributed by atoms with E-state index in [0.29, 0.717) is 12.5 Å². The molecule has 0 saturated heterocycles. The van der Waals surface area contributed by atoms with Gasteiger partial charge in [0.15, 0.2) is 0 Å². The molecule has 0 aliphatic heterocycles. The molecular weight excluding hydrogens is 286 g/mol. The Morgan fingerprint density at radius 2 is 1.72 bits per heavy atom. The summed E-state index contributed by atoms with van der Waals surface area (Å²) in [5, 5.41) is 0. The van der Waals surface area contributed by atoms with Crippen LogP contribution in [0.25, 0.3) is 0 Å². The van der Waals surface area contributed by atoms with E-state index in [1.807, 2.05) is 0 Å². The zero-order chi connectivity index (χ0) is 12.5. The Balaban J connectivity index is 2.18. The first-order chi connectivity index (χ1) is 8.79. The molecule has 0 amide bonds. The molecule has 0 heterocycles. The van der Waals surface area contributed by atoms with Gasteiger partial charge in [-0.2, -0.15) is 0 Å². The van der Waals surface area contributed by atoms with Crippen LogP contribution in [0.4, 0.5) is 0 Å². The molecule has 0 aromatic heterocycles. The molecule has 0 fully saturated rings. The summed E-state index contributed by atoms with van der Waals surface area (Å²) in [5.41, 5.74) is 11.7. The van der Waals surface area contributed by atoms with E-state index in [9.17, 15) is 0 Å². The fourth-order valence-corrected chi connectivity index (χ4v) is 3.33. The number of fused-ring (bicyclic) bond motifs is 2. The molecule has 92 valence electrons. The standard InChI is InChI=1S/C16H16BrN/c17-13-7-8-15-12(9-13)6-5-11-3-1-2-4-14(11)16(15)10-18/h1-4,7-9,16H,5-6,10,18H2. The average Bonchev–Trinajstić information content (AvgIpc) is 2.55. The highest BCUT2D eigenvalue weighted by Crippen LogP contribution is 2.34. The summed E-state index contributed by atoms with van der Waals surface area (Å²) in [6, 6.07) is 15.3. The average molecular weight is 302 g/mol. The van der Waals surface area contributed by atoms with Crippen LogP contribution in [-0.2, 0) is 12.8 Å². The molecule has 1 aliphatic carbocycles. The Kier molecular flexibility index (Phi) is 3.23. The molecule has 1 atom stereocenters. The van der Waals surface area contributed by atoms with Crippen LogP contribution in [0.5, 0.6) is 0 Å². The van der Waals surface area contributed by atoms with E-state index in [1.165, 1.54) is 22.3 Å². The molecule has 1 nitrogen and oxygen atoms in total. The van der Waals surface area contributed by atoms with E-state index in [1.54, 1.807) is 0 Å². The minimum atomic E-state index is 0.340. The third-order valence-corrected chi connectivity index (χ3v) is 4.30. The van der Waals surface area contributed by atoms with E-state index < -0.39 is 0 Å². The van der Waals surface area contributed by atoms with Gasteiger partial charge in [-0.05, 0) is 47.2 Å². The van der Waals surface area contributed by atoms with Gasteiger partial charge in [0.05, 0.1) is 0 Å². The highest BCUT2D eigenvalue weighted by Gasteiger charge is 2.22. The molecule has 0 radical (unpaired) electrons. The lowest BCUT2D eigenvalue weighted by atomic mass is 9.88. The van der Waals surface area contributed by atoms with Crippen LogP contribution in [-0.4, -0.2) is 6.54 Å². The fourth-order valence-electron chi connectivity index (χ4n) is 2.92. The Labute approximate surface area is 116 Å². The number of aryl methyl sites for hydroxylation is 2. The second-order valence-corrected chi connectivity index (χ2v) is 5.75. The number of nitrogens with two attached hydrogens (primary N) is 1. The van der Waals surface area contributed by atoms with Gasteiger partial charge >= 0.3 is 0 Å². The Hall–Kier alpha value is -1.12. The van der Waals surface area contributed by atoms with Crippen molar-refractivity contribution in [3.63, 3.8) is 0 Å². The third-order valence-electron chi connectivity index (χ3n) is 3.81. The van der Waals surface area contributed by atoms with E-state index in [-0.39, 0.29) is 0 Å². The molecule has 0 spiro atoms. The van der Waals surface area contributed by atoms with Gasteiger partial charge in [-0.25, -0.2) is 0 Å². The lowest BCUT2D eigenvalue weighted by molar-refractivity contribution is 0.813. The van der Waals surface area contributed by atoms with Gasteiger partial charge in [0, 0.05) is 16.9 Å². The highest BCUT2D eigenvalue weighted by molar-refractivity contribution is 9.10. The predicted octanol–water partition coefficient (Wildman–Crippen LogP) is 3.64. The monoisotopic (exact) mass is 301 g/mol. The van der Waals surface area contributed by atoms with E-state index >= 15 is 0 Å². The van der Waals surface area contributed by atoms with Crippen molar-refractivity contribution >= 4 is 15.9 Å². The maximum absolute atomic E-state index is 6.03. The van der Waals surface area contributed by atoms with Crippen molar-refractivity contribution in [2.75, 3.05) is 6.54 Å². The topological polar surface area (TPSA) is 26.0 Å². The molecule has 2 aromatic rings. The molecular formula is C16H16BrN. The second kappa shape index (κ2) is 4.87. The maximum atomic E-state index is 6.03. The minimum Gasteiger partial charge on any atom is -0.330 e. The summed E-state index contributed by atoms with van der Waals surface area (Å²) < 4.78 is 1.16. The summed E-state index contributed by atoms with van der Waals surface area (Å²) in [7, 11) is 0. The molecule has 0 saturated carbocycles. The number of halogens is 1. The summed E-state index contributed by atoms with van der Waals surface area (Å²) in [6.07, 6.45) is 2.21. The SMILES string of the molecule is NCC1c2ccccc2CCc2cc(Br)ccc21. The van der Waals surface area contributed by atoms with Crippen LogP contribution in [0.2, 0.25) is 0 Å². The van der Waals surface area contributed by atoms with Gasteiger partial charge in [0.1, 0.15) is 0 Å². The van der Waals surface area contributed by atoms with Crippen molar-refractivity contribution in [3.05, 3.63) is 69.2 Å². The predicted molar refractivity (Wildman–Crippen MR) is 78.9 cm³/mol. The van der Waals surface area contributed by atoms with Gasteiger partial charge in [0.2, 0.25) is 0 Å². The first-order valence-electron chi connectivity index (χ1n) is 6.36. The van der Waals surface area contributed by atoms with Crippen LogP contribution < -0.4 is 5.73 Å². The summed E-state index contributed by atoms with van der Waals surface area (Å²) >= 11 is 3.56. The first kappa shape index (κ1) is 11.9. The van der Waals surface area contributed by atoms with E-state index in [0.717, 1.165) is 17.3 Å². The Morgan fingerprint density at radius 1 is 1.00 bits per heavy atom. The molecule has 1 aliphatic rings. The highest BCUT2D eigenvalue weighted by atomic mass is 79.9. The number of hydrogen-bond donors (Lipinski definition) is 1. The van der Waals surface area contributed by atoms with Crippen molar-refractivity contribution in [2.45, 2.75) is 18.8 Å². The van der Waals surface area contributed by atoms with Gasteiger partial charge in [-0.3, -0.25) is 0 Å². The van der Waals surface area contributed by atoms with Crippen LogP contribution in [0.1, 0.15) is 28.2 Å². The molecule has 18 heavy (non-hydrogen) atoms. The van der Waals surface area contributed by atoms with E-state index in [2.05, 4.69) is 58.4 Å². The smallest absolute Gasteiger partial charge is 0.0217 e. The second-order valence-electron chi connectivity index (χ2n) is 4.83. The zero-order valence-corrected chi connectivity index (χ0v) is 11.8. The summed E-state index contributed by atoms with van der Waals surface area (Å²) in [5.74, 6) is 0.340.